The summed E-state index contributed by atoms with van der Waals surface area (Å²) in [4.78, 5) is 26.5. The maximum atomic E-state index is 12.2. The molecule has 1 unspecified atom stereocenters. The molecule has 0 bridgehead atoms. The van der Waals surface area contributed by atoms with Crippen LogP contribution in [0, 0.1) is 6.92 Å². The van der Waals surface area contributed by atoms with Crippen LogP contribution in [0.1, 0.15) is 34.1 Å². The van der Waals surface area contributed by atoms with Crippen molar-refractivity contribution in [1.29, 1.82) is 0 Å². The number of carbonyl (C=O) groups excluding carboxylic acids is 2. The molecule has 22 heavy (non-hydrogen) atoms. The van der Waals surface area contributed by atoms with E-state index in [9.17, 15) is 18.0 Å². The maximum absolute atomic E-state index is 12.2. The second kappa shape index (κ2) is 5.98. The Morgan fingerprint density at radius 3 is 2.59 bits per heavy atom. The summed E-state index contributed by atoms with van der Waals surface area (Å²) >= 11 is 1.29. The third-order valence-corrected chi connectivity index (χ3v) is 6.15. The number of aryl methyl sites for hydroxylation is 1. The van der Waals surface area contributed by atoms with E-state index < -0.39 is 21.2 Å². The molecule has 1 aliphatic rings. The first-order chi connectivity index (χ1) is 10.2. The molecule has 1 aromatic rings. The van der Waals surface area contributed by atoms with Gasteiger partial charge in [0, 0.05) is 17.8 Å². The quantitative estimate of drug-likeness (QED) is 0.812. The van der Waals surface area contributed by atoms with Crippen LogP contribution in [0.3, 0.4) is 0 Å². The Kier molecular flexibility index (Phi) is 4.59. The fourth-order valence-electron chi connectivity index (χ4n) is 2.58. The summed E-state index contributed by atoms with van der Waals surface area (Å²) in [6.45, 7) is 3.73. The lowest BCUT2D eigenvalue weighted by molar-refractivity contribution is -0.117. The minimum absolute atomic E-state index is 0.0369. The number of hydrogen-bond acceptors (Lipinski definition) is 6. The average molecular weight is 346 g/mol. The maximum Gasteiger partial charge on any atom is 0.341 e. The van der Waals surface area contributed by atoms with Gasteiger partial charge in [-0.3, -0.25) is 4.79 Å². The molecule has 0 aromatic carbocycles. The van der Waals surface area contributed by atoms with Crippen LogP contribution in [0.4, 0.5) is 5.00 Å². The smallest absolute Gasteiger partial charge is 0.341 e. The molecule has 2 rings (SSSR count). The average Bonchev–Trinajstić information content (AvgIpc) is 2.97. The number of ether oxygens (including phenoxy) is 1. The number of nitrogens with two attached hydrogens (primary N) is 1. The Bertz CT molecular complexity index is 723. The number of carbonyl (C=O) groups is 2. The minimum Gasteiger partial charge on any atom is -0.465 e. The van der Waals surface area contributed by atoms with Gasteiger partial charge in [0.05, 0.1) is 12.7 Å². The molecule has 2 heterocycles. The summed E-state index contributed by atoms with van der Waals surface area (Å²) in [5, 5.41) is 4.63. The zero-order valence-corrected chi connectivity index (χ0v) is 14.2. The first kappa shape index (κ1) is 16.9. The molecule has 9 heteroatoms. The van der Waals surface area contributed by atoms with Gasteiger partial charge < -0.3 is 9.64 Å². The molecule has 122 valence electrons. The molecular formula is C13H18N2O5S2. The number of amides is 1. The normalized spacial score (nSPS) is 18.8. The second-order valence-electron chi connectivity index (χ2n) is 5.08. The highest BCUT2D eigenvalue weighted by atomic mass is 32.2. The predicted molar refractivity (Wildman–Crippen MR) is 83.6 cm³/mol. The number of anilines is 1. The van der Waals surface area contributed by atoms with Gasteiger partial charge in [0.2, 0.25) is 15.9 Å². The molecule has 1 saturated heterocycles. The van der Waals surface area contributed by atoms with Crippen molar-refractivity contribution in [3.8, 4) is 0 Å². The fourth-order valence-corrected chi connectivity index (χ4v) is 4.57. The van der Waals surface area contributed by atoms with Crippen molar-refractivity contribution in [2.45, 2.75) is 31.9 Å². The predicted octanol–water partition coefficient (Wildman–Crippen LogP) is 0.799. The van der Waals surface area contributed by atoms with Crippen LogP contribution in [-0.4, -0.2) is 39.2 Å². The van der Waals surface area contributed by atoms with Crippen molar-refractivity contribution in [3.05, 3.63) is 16.0 Å². The van der Waals surface area contributed by atoms with Crippen molar-refractivity contribution in [3.63, 3.8) is 0 Å². The van der Waals surface area contributed by atoms with Crippen molar-refractivity contribution in [1.82, 2.24) is 0 Å². The van der Waals surface area contributed by atoms with E-state index in [4.69, 9.17) is 9.88 Å². The molecule has 0 saturated carbocycles. The minimum atomic E-state index is -3.80. The van der Waals surface area contributed by atoms with Gasteiger partial charge >= 0.3 is 5.97 Å². The summed E-state index contributed by atoms with van der Waals surface area (Å²) in [5.74, 6) is -0.879. The second-order valence-corrected chi connectivity index (χ2v) is 8.13. The number of thiophene rings is 1. The summed E-state index contributed by atoms with van der Waals surface area (Å²) in [5.41, 5.74) is 1.16. The first-order valence-electron chi connectivity index (χ1n) is 6.73. The van der Waals surface area contributed by atoms with Gasteiger partial charge in [0.15, 0.2) is 0 Å². The Morgan fingerprint density at radius 2 is 2.14 bits per heavy atom. The third-order valence-electron chi connectivity index (χ3n) is 3.73. The number of rotatable bonds is 4. The Balaban J connectivity index is 2.49. The van der Waals surface area contributed by atoms with Gasteiger partial charge in [-0.25, -0.2) is 18.4 Å². The highest BCUT2D eigenvalue weighted by molar-refractivity contribution is 7.89. The Labute approximate surface area is 133 Å². The van der Waals surface area contributed by atoms with Crippen LogP contribution in [0.5, 0.6) is 0 Å². The summed E-state index contributed by atoms with van der Waals surface area (Å²) in [7, 11) is -2.52. The third kappa shape index (κ3) is 2.88. The molecule has 0 aliphatic carbocycles. The fraction of sp³-hybridized carbons (Fsp3) is 0.538. The summed E-state index contributed by atoms with van der Waals surface area (Å²) < 4.78 is 27.7. The summed E-state index contributed by atoms with van der Waals surface area (Å²) in [6.07, 6.45) is 0.450. The van der Waals surface area contributed by atoms with Crippen LogP contribution in [0.15, 0.2) is 0 Å². The lowest BCUT2D eigenvalue weighted by Gasteiger charge is -2.16. The van der Waals surface area contributed by atoms with E-state index in [2.05, 4.69) is 0 Å². The van der Waals surface area contributed by atoms with E-state index >= 15 is 0 Å². The molecule has 1 aliphatic heterocycles. The van der Waals surface area contributed by atoms with E-state index in [0.717, 1.165) is 10.4 Å². The van der Waals surface area contributed by atoms with Gasteiger partial charge in [-0.15, -0.1) is 11.3 Å². The van der Waals surface area contributed by atoms with Crippen LogP contribution in [0.25, 0.3) is 0 Å². The van der Waals surface area contributed by atoms with E-state index in [1.807, 2.05) is 13.8 Å². The molecule has 2 N–H and O–H groups in total. The van der Waals surface area contributed by atoms with Crippen molar-refractivity contribution in [2.75, 3.05) is 18.6 Å². The zero-order valence-electron chi connectivity index (χ0n) is 12.6. The van der Waals surface area contributed by atoms with Crippen molar-refractivity contribution < 1.29 is 22.7 Å². The zero-order chi connectivity index (χ0) is 16.7. The number of sulfonamides is 1. The Hall–Kier alpha value is -1.45. The molecular weight excluding hydrogens is 328 g/mol. The van der Waals surface area contributed by atoms with Gasteiger partial charge in [0.1, 0.15) is 10.3 Å². The van der Waals surface area contributed by atoms with Crippen LogP contribution in [-0.2, 0) is 26.0 Å². The van der Waals surface area contributed by atoms with Crippen molar-refractivity contribution in [2.24, 2.45) is 5.14 Å². The first-order valence-corrected chi connectivity index (χ1v) is 9.15. The molecule has 1 atom stereocenters. The van der Waals surface area contributed by atoms with Gasteiger partial charge in [0.25, 0.3) is 0 Å². The van der Waals surface area contributed by atoms with Crippen LogP contribution in [0.2, 0.25) is 0 Å². The van der Waals surface area contributed by atoms with Crippen LogP contribution >= 0.6 is 11.3 Å². The number of hydrogen-bond donors (Lipinski definition) is 1. The van der Waals surface area contributed by atoms with E-state index in [1.54, 1.807) is 0 Å². The van der Waals surface area contributed by atoms with Crippen LogP contribution < -0.4 is 10.0 Å². The van der Waals surface area contributed by atoms with Crippen molar-refractivity contribution >= 4 is 38.2 Å². The molecule has 0 radical (unpaired) electrons. The van der Waals surface area contributed by atoms with E-state index in [1.165, 1.54) is 23.3 Å². The van der Waals surface area contributed by atoms with Gasteiger partial charge in [-0.2, -0.15) is 0 Å². The number of nitrogens with zero attached hydrogens (tertiary/aromatic N) is 1. The SMILES string of the molecule is CCc1c(C)sc(N2CC(S(N)(=O)=O)CC2=O)c1C(=O)OC. The molecule has 7 nitrogen and oxygen atoms in total. The number of methoxy groups -OCH3 is 1. The topological polar surface area (TPSA) is 107 Å². The highest BCUT2D eigenvalue weighted by Gasteiger charge is 2.40. The molecule has 0 spiro atoms. The lowest BCUT2D eigenvalue weighted by Crippen LogP contribution is -2.32. The number of primary sulfonamides is 1. The molecule has 1 aromatic heterocycles. The monoisotopic (exact) mass is 346 g/mol. The van der Waals surface area contributed by atoms with E-state index in [0.29, 0.717) is 17.0 Å². The number of esters is 1. The summed E-state index contributed by atoms with van der Waals surface area (Å²) in [6, 6.07) is 0. The molecule has 1 amide bonds. The van der Waals surface area contributed by atoms with Gasteiger partial charge in [-0.1, -0.05) is 6.92 Å². The van der Waals surface area contributed by atoms with E-state index in [-0.39, 0.29) is 18.9 Å². The highest BCUT2D eigenvalue weighted by Crippen LogP contribution is 2.39. The van der Waals surface area contributed by atoms with Gasteiger partial charge in [-0.05, 0) is 18.9 Å². The lowest BCUT2D eigenvalue weighted by atomic mass is 10.1. The standard InChI is InChI=1S/C13H18N2O5S2/c1-4-9-7(2)21-12(11(9)13(17)20-3)15-6-8(5-10(15)16)22(14,18)19/h8H,4-6H2,1-3H3,(H2,14,18,19). The molecule has 1 fully saturated rings. The Morgan fingerprint density at radius 1 is 1.50 bits per heavy atom. The largest absolute Gasteiger partial charge is 0.465 e.